The fourth-order valence-corrected chi connectivity index (χ4v) is 3.08. The predicted molar refractivity (Wildman–Crippen MR) is 63.2 cm³/mol. The summed E-state index contributed by atoms with van der Waals surface area (Å²) < 4.78 is 13.1. The third-order valence-corrected chi connectivity index (χ3v) is 3.91. The number of halogens is 1. The third kappa shape index (κ3) is 1.59. The van der Waals surface area contributed by atoms with E-state index in [1.54, 1.807) is 12.1 Å². The van der Waals surface area contributed by atoms with Gasteiger partial charge in [0, 0.05) is 18.8 Å². The molecule has 0 bridgehead atoms. The smallest absolute Gasteiger partial charge is 0.125 e. The monoisotopic (exact) mass is 220 g/mol. The SMILES string of the molecule is CN1CCC2c3ccc(F)cc3NCC2C1. The Morgan fingerprint density at radius 2 is 2.31 bits per heavy atom. The van der Waals surface area contributed by atoms with Crippen LogP contribution in [0.5, 0.6) is 0 Å². The molecule has 0 saturated carbocycles. The van der Waals surface area contributed by atoms with Gasteiger partial charge in [0.25, 0.3) is 0 Å². The van der Waals surface area contributed by atoms with Crippen LogP contribution in [0.2, 0.25) is 0 Å². The van der Waals surface area contributed by atoms with Crippen molar-refractivity contribution < 1.29 is 4.39 Å². The van der Waals surface area contributed by atoms with E-state index in [9.17, 15) is 4.39 Å². The molecule has 1 fully saturated rings. The molecule has 16 heavy (non-hydrogen) atoms. The number of anilines is 1. The maximum Gasteiger partial charge on any atom is 0.125 e. The van der Waals surface area contributed by atoms with Gasteiger partial charge in [-0.2, -0.15) is 0 Å². The predicted octanol–water partition coefficient (Wildman–Crippen LogP) is 2.29. The fraction of sp³-hybridized carbons (Fsp3) is 0.538. The zero-order chi connectivity index (χ0) is 11.1. The second-order valence-corrected chi connectivity index (χ2v) is 5.03. The van der Waals surface area contributed by atoms with Gasteiger partial charge in [-0.3, -0.25) is 0 Å². The Hall–Kier alpha value is -1.09. The van der Waals surface area contributed by atoms with Gasteiger partial charge in [-0.15, -0.1) is 0 Å². The second kappa shape index (κ2) is 3.74. The number of fused-ring (bicyclic) bond motifs is 3. The maximum absolute atomic E-state index is 13.1. The number of nitrogens with one attached hydrogen (secondary N) is 1. The molecule has 86 valence electrons. The number of hydrogen-bond acceptors (Lipinski definition) is 2. The molecular formula is C13H17FN2. The molecule has 1 aromatic rings. The first kappa shape index (κ1) is 10.1. The molecule has 2 unspecified atom stereocenters. The highest BCUT2D eigenvalue weighted by Crippen LogP contribution is 2.40. The molecule has 2 aliphatic heterocycles. The summed E-state index contributed by atoms with van der Waals surface area (Å²) in [6.45, 7) is 3.28. The lowest BCUT2D eigenvalue weighted by Crippen LogP contribution is -2.42. The van der Waals surface area contributed by atoms with Crippen LogP contribution >= 0.6 is 0 Å². The minimum absolute atomic E-state index is 0.141. The Balaban J connectivity index is 1.94. The number of rotatable bonds is 0. The van der Waals surface area contributed by atoms with Crippen molar-refractivity contribution in [1.29, 1.82) is 0 Å². The summed E-state index contributed by atoms with van der Waals surface area (Å²) in [6.07, 6.45) is 1.20. The van der Waals surface area contributed by atoms with Crippen molar-refractivity contribution in [2.24, 2.45) is 5.92 Å². The van der Waals surface area contributed by atoms with Gasteiger partial charge in [-0.05, 0) is 49.5 Å². The van der Waals surface area contributed by atoms with Crippen LogP contribution in [0.15, 0.2) is 18.2 Å². The average Bonchev–Trinajstić information content (AvgIpc) is 2.28. The topological polar surface area (TPSA) is 15.3 Å². The van der Waals surface area contributed by atoms with Crippen molar-refractivity contribution in [2.45, 2.75) is 12.3 Å². The van der Waals surface area contributed by atoms with Crippen LogP contribution in [0.25, 0.3) is 0 Å². The number of benzene rings is 1. The summed E-state index contributed by atoms with van der Waals surface area (Å²) in [7, 11) is 2.18. The zero-order valence-corrected chi connectivity index (χ0v) is 9.54. The number of hydrogen-bond donors (Lipinski definition) is 1. The molecule has 3 rings (SSSR count). The summed E-state index contributed by atoms with van der Waals surface area (Å²) >= 11 is 0. The molecule has 2 aliphatic rings. The molecule has 3 heteroatoms. The summed E-state index contributed by atoms with van der Waals surface area (Å²) in [5.74, 6) is 1.15. The minimum Gasteiger partial charge on any atom is -0.384 e. The molecule has 2 nitrogen and oxygen atoms in total. The van der Waals surface area contributed by atoms with Gasteiger partial charge in [-0.1, -0.05) is 6.07 Å². The Labute approximate surface area is 95.4 Å². The number of likely N-dealkylation sites (tertiary alicyclic amines) is 1. The quantitative estimate of drug-likeness (QED) is 0.721. The van der Waals surface area contributed by atoms with Crippen LogP contribution in [0.4, 0.5) is 10.1 Å². The van der Waals surface area contributed by atoms with E-state index in [2.05, 4.69) is 17.3 Å². The van der Waals surface area contributed by atoms with Gasteiger partial charge in [-0.25, -0.2) is 4.39 Å². The molecule has 0 radical (unpaired) electrons. The van der Waals surface area contributed by atoms with Crippen LogP contribution in [0.3, 0.4) is 0 Å². The molecule has 0 amide bonds. The maximum atomic E-state index is 13.1. The summed E-state index contributed by atoms with van der Waals surface area (Å²) in [5, 5.41) is 3.36. The average molecular weight is 220 g/mol. The first-order chi connectivity index (χ1) is 7.74. The van der Waals surface area contributed by atoms with Crippen LogP contribution in [-0.2, 0) is 0 Å². The summed E-state index contributed by atoms with van der Waals surface area (Å²) in [6, 6.07) is 5.17. The molecule has 0 spiro atoms. The van der Waals surface area contributed by atoms with Crippen molar-refractivity contribution in [3.05, 3.63) is 29.6 Å². The Kier molecular flexibility index (Phi) is 2.36. The summed E-state index contributed by atoms with van der Waals surface area (Å²) in [5.41, 5.74) is 2.32. The zero-order valence-electron chi connectivity index (χ0n) is 9.54. The molecule has 1 N–H and O–H groups in total. The molecule has 2 atom stereocenters. The van der Waals surface area contributed by atoms with Crippen LogP contribution in [-0.4, -0.2) is 31.6 Å². The van der Waals surface area contributed by atoms with Gasteiger partial charge in [0.1, 0.15) is 5.82 Å². The number of piperidine rings is 1. The fourth-order valence-electron chi connectivity index (χ4n) is 3.08. The Morgan fingerprint density at radius 3 is 3.19 bits per heavy atom. The van der Waals surface area contributed by atoms with E-state index in [0.29, 0.717) is 11.8 Å². The number of nitrogens with zero attached hydrogens (tertiary/aromatic N) is 1. The van der Waals surface area contributed by atoms with E-state index in [1.807, 2.05) is 6.07 Å². The Bertz CT molecular complexity index is 405. The van der Waals surface area contributed by atoms with Crippen molar-refractivity contribution in [3.63, 3.8) is 0 Å². The van der Waals surface area contributed by atoms with Crippen LogP contribution in [0, 0.1) is 11.7 Å². The van der Waals surface area contributed by atoms with E-state index in [0.717, 1.165) is 25.3 Å². The third-order valence-electron chi connectivity index (χ3n) is 3.91. The molecule has 0 aliphatic carbocycles. The Morgan fingerprint density at radius 1 is 1.44 bits per heavy atom. The lowest BCUT2D eigenvalue weighted by Gasteiger charge is -2.41. The van der Waals surface area contributed by atoms with Gasteiger partial charge < -0.3 is 10.2 Å². The van der Waals surface area contributed by atoms with E-state index < -0.39 is 0 Å². The lowest BCUT2D eigenvalue weighted by atomic mass is 9.77. The van der Waals surface area contributed by atoms with Crippen molar-refractivity contribution in [3.8, 4) is 0 Å². The van der Waals surface area contributed by atoms with Crippen molar-refractivity contribution in [1.82, 2.24) is 4.90 Å². The first-order valence-electron chi connectivity index (χ1n) is 5.96. The van der Waals surface area contributed by atoms with Gasteiger partial charge in [0.2, 0.25) is 0 Å². The van der Waals surface area contributed by atoms with E-state index in [-0.39, 0.29) is 5.82 Å². The molecule has 2 heterocycles. The highest BCUT2D eigenvalue weighted by molar-refractivity contribution is 5.55. The standard InChI is InChI=1S/C13H17FN2/c1-16-5-4-11-9(8-16)7-15-13-6-10(14)2-3-12(11)13/h2-3,6,9,11,15H,4-5,7-8H2,1H3. The first-order valence-corrected chi connectivity index (χ1v) is 5.96. The van der Waals surface area contributed by atoms with Gasteiger partial charge in [0.05, 0.1) is 0 Å². The van der Waals surface area contributed by atoms with Gasteiger partial charge >= 0.3 is 0 Å². The van der Waals surface area contributed by atoms with Crippen molar-refractivity contribution >= 4 is 5.69 Å². The lowest BCUT2D eigenvalue weighted by molar-refractivity contribution is 0.187. The minimum atomic E-state index is -0.141. The molecule has 0 aromatic heterocycles. The van der Waals surface area contributed by atoms with E-state index in [1.165, 1.54) is 12.0 Å². The van der Waals surface area contributed by atoms with E-state index >= 15 is 0 Å². The van der Waals surface area contributed by atoms with Crippen LogP contribution < -0.4 is 5.32 Å². The summed E-state index contributed by atoms with van der Waals surface area (Å²) in [4.78, 5) is 2.39. The van der Waals surface area contributed by atoms with Gasteiger partial charge in [0.15, 0.2) is 0 Å². The van der Waals surface area contributed by atoms with Crippen molar-refractivity contribution in [2.75, 3.05) is 32.0 Å². The molecule has 1 saturated heterocycles. The largest absolute Gasteiger partial charge is 0.384 e. The highest BCUT2D eigenvalue weighted by atomic mass is 19.1. The molecule has 1 aromatic carbocycles. The molecular weight excluding hydrogens is 203 g/mol. The normalized spacial score (nSPS) is 29.1. The van der Waals surface area contributed by atoms with E-state index in [4.69, 9.17) is 0 Å². The highest BCUT2D eigenvalue weighted by Gasteiger charge is 2.33. The van der Waals surface area contributed by atoms with Crippen LogP contribution in [0.1, 0.15) is 17.9 Å². The second-order valence-electron chi connectivity index (χ2n) is 5.03.